The highest BCUT2D eigenvalue weighted by atomic mass is 31.2. The Balaban J connectivity index is -0.000000345. The number of hydrogen-bond donors (Lipinski definition) is 6. The van der Waals surface area contributed by atoms with Gasteiger partial charge >= 0.3 is 11.9 Å². The first-order valence-electron chi connectivity index (χ1n) is 22.1. The van der Waals surface area contributed by atoms with Gasteiger partial charge in [0.25, 0.3) is 7.82 Å². The summed E-state index contributed by atoms with van der Waals surface area (Å²) in [5.41, 5.74) is 4.78. The van der Waals surface area contributed by atoms with E-state index in [0.717, 1.165) is 25.7 Å². The van der Waals surface area contributed by atoms with Crippen molar-refractivity contribution in [2.24, 2.45) is 5.73 Å². The molecule has 0 aliphatic heterocycles. The van der Waals surface area contributed by atoms with Crippen LogP contribution in [-0.4, -0.2) is 109 Å². The molecule has 0 aromatic carbocycles. The summed E-state index contributed by atoms with van der Waals surface area (Å²) < 4.78 is 20.6. The maximum absolute atomic E-state index is 11.1. The zero-order chi connectivity index (χ0) is 43.2. The number of aliphatic hydroxyl groups is 3. The van der Waals surface area contributed by atoms with Gasteiger partial charge in [0.05, 0.1) is 41.0 Å². The largest absolute Gasteiger partial charge is 0.756 e. The first-order chi connectivity index (χ1) is 26.6. The van der Waals surface area contributed by atoms with Gasteiger partial charge in [-0.05, 0) is 12.8 Å². The number of phosphoric acid groups is 1. The van der Waals surface area contributed by atoms with E-state index in [-0.39, 0.29) is 13.2 Å². The summed E-state index contributed by atoms with van der Waals surface area (Å²) >= 11 is 0. The van der Waals surface area contributed by atoms with Crippen LogP contribution < -0.4 is 10.6 Å². The molecule has 2 unspecified atom stereocenters. The van der Waals surface area contributed by atoms with E-state index in [9.17, 15) is 19.0 Å². The topological polar surface area (TPSA) is 220 Å². The molecule has 0 bridgehead atoms. The summed E-state index contributed by atoms with van der Waals surface area (Å²) in [6, 6.07) is 0. The summed E-state index contributed by atoms with van der Waals surface area (Å²) in [6.07, 6.45) is 33.3. The number of aliphatic hydroxyl groups excluding tert-OH is 3. The highest BCUT2D eigenvalue weighted by Gasteiger charge is 2.15. The monoisotopic (exact) mass is 831 g/mol. The SMILES string of the molecule is CCCCCCCCCCCCCCCC(=O)O.CCCCCCCCCCCCCCCC(=O)O.C[N+](C)(C)CCOP(=O)([O-])OCC(O)CO.NCCO. The Kier molecular flexibility index (Phi) is 53.0. The molecule has 7 N–H and O–H groups in total. The van der Waals surface area contributed by atoms with Crippen molar-refractivity contribution in [1.82, 2.24) is 0 Å². The van der Waals surface area contributed by atoms with Crippen LogP contribution in [0.4, 0.5) is 0 Å². The summed E-state index contributed by atoms with van der Waals surface area (Å²) in [6.45, 7) is 4.46. The molecule has 14 heteroatoms. The predicted octanol–water partition coefficient (Wildman–Crippen LogP) is 8.59. The maximum atomic E-state index is 11.1. The molecule has 56 heavy (non-hydrogen) atoms. The highest BCUT2D eigenvalue weighted by Crippen LogP contribution is 2.38. The van der Waals surface area contributed by atoms with Gasteiger partial charge in [-0.2, -0.15) is 0 Å². The van der Waals surface area contributed by atoms with Crippen LogP contribution in [-0.2, 0) is 23.2 Å². The smallest absolute Gasteiger partial charge is 0.303 e. The number of likely N-dealkylation sites (N-methyl/N-ethyl adjacent to an activating group) is 1. The lowest BCUT2D eigenvalue weighted by Gasteiger charge is -2.27. The minimum absolute atomic E-state index is 0.0134. The summed E-state index contributed by atoms with van der Waals surface area (Å²) in [5.74, 6) is -1.31. The van der Waals surface area contributed by atoms with E-state index in [1.54, 1.807) is 0 Å². The molecular formula is C42H91N2O11P. The Morgan fingerprint density at radius 2 is 0.893 bits per heavy atom. The first kappa shape index (κ1) is 61.5. The van der Waals surface area contributed by atoms with Crippen LogP contribution in [0.25, 0.3) is 0 Å². The second-order valence-electron chi connectivity index (χ2n) is 15.7. The molecule has 0 aromatic rings. The van der Waals surface area contributed by atoms with Crippen LogP contribution in [0.15, 0.2) is 0 Å². The van der Waals surface area contributed by atoms with Gasteiger partial charge < -0.3 is 49.7 Å². The number of carbonyl (C=O) groups is 2. The molecule has 0 radical (unpaired) electrons. The predicted molar refractivity (Wildman–Crippen MR) is 228 cm³/mol. The molecule has 0 saturated carbocycles. The van der Waals surface area contributed by atoms with Crippen molar-refractivity contribution in [1.29, 1.82) is 0 Å². The number of hydrogen-bond acceptors (Lipinski definition) is 10. The number of carboxylic acids is 2. The molecule has 13 nitrogen and oxygen atoms in total. The van der Waals surface area contributed by atoms with Gasteiger partial charge in [0.1, 0.15) is 19.3 Å². The fourth-order valence-corrected chi connectivity index (χ4v) is 6.02. The fourth-order valence-electron chi connectivity index (χ4n) is 5.28. The minimum atomic E-state index is -4.38. The number of quaternary nitrogens is 1. The van der Waals surface area contributed by atoms with Crippen molar-refractivity contribution in [2.45, 2.75) is 200 Å². The Labute approximate surface area is 343 Å². The first-order valence-corrected chi connectivity index (χ1v) is 23.5. The molecule has 0 aliphatic rings. The number of nitrogens with zero attached hydrogens (tertiary/aromatic N) is 1. The van der Waals surface area contributed by atoms with Gasteiger partial charge in [0, 0.05) is 19.4 Å². The van der Waals surface area contributed by atoms with Gasteiger partial charge in [-0.25, -0.2) is 0 Å². The van der Waals surface area contributed by atoms with Crippen molar-refractivity contribution in [3.63, 3.8) is 0 Å². The van der Waals surface area contributed by atoms with E-state index in [1.807, 2.05) is 21.1 Å². The average molecular weight is 831 g/mol. The number of phosphoric ester groups is 1. The lowest BCUT2D eigenvalue weighted by atomic mass is 10.0. The molecule has 0 aliphatic carbocycles. The minimum Gasteiger partial charge on any atom is -0.756 e. The molecule has 340 valence electrons. The number of unbranched alkanes of at least 4 members (excludes halogenated alkanes) is 24. The van der Waals surface area contributed by atoms with E-state index in [4.69, 9.17) is 31.3 Å². The van der Waals surface area contributed by atoms with Crippen LogP contribution in [0.3, 0.4) is 0 Å². The second kappa shape index (κ2) is 48.2. The summed E-state index contributed by atoms with van der Waals surface area (Å²) in [5, 5.41) is 42.1. The third-order valence-corrected chi connectivity index (χ3v) is 9.73. The Morgan fingerprint density at radius 1 is 0.607 bits per heavy atom. The zero-order valence-corrected chi connectivity index (χ0v) is 37.7. The van der Waals surface area contributed by atoms with Gasteiger partial charge in [-0.1, -0.05) is 168 Å². The van der Waals surface area contributed by atoms with E-state index in [2.05, 4.69) is 22.9 Å². The normalized spacial score (nSPS) is 12.6. The standard InChI is InChI=1S/2C16H32O2.C8H20NO6P.C2H7NO/c2*1-2-3-4-5-6-7-8-9-10-11-12-13-14-15-16(17)18;1-9(2,3)4-5-14-16(12,13)15-7-8(11)6-10;3-1-2-4/h2*2-15H2,1H3,(H,17,18);8,10-11H,4-7H2,1-3H3;4H,1-3H2. The molecule has 2 atom stereocenters. The van der Waals surface area contributed by atoms with Crippen LogP contribution >= 0.6 is 7.82 Å². The van der Waals surface area contributed by atoms with Gasteiger partial charge in [-0.15, -0.1) is 0 Å². The molecule has 0 amide bonds. The van der Waals surface area contributed by atoms with Crippen LogP contribution in [0.5, 0.6) is 0 Å². The lowest BCUT2D eigenvalue weighted by molar-refractivity contribution is -0.870. The van der Waals surface area contributed by atoms with E-state index in [0.29, 0.717) is 30.4 Å². The molecule has 0 spiro atoms. The zero-order valence-electron chi connectivity index (χ0n) is 36.8. The number of aliphatic carboxylic acids is 2. The third kappa shape index (κ3) is 67.6. The number of nitrogens with two attached hydrogens (primary N) is 1. The van der Waals surface area contributed by atoms with Crippen molar-refractivity contribution < 1.29 is 58.1 Å². The van der Waals surface area contributed by atoms with Gasteiger partial charge in [0.2, 0.25) is 0 Å². The number of rotatable bonds is 37. The van der Waals surface area contributed by atoms with Crippen molar-refractivity contribution >= 4 is 19.8 Å². The Morgan fingerprint density at radius 3 is 1.12 bits per heavy atom. The van der Waals surface area contributed by atoms with Crippen molar-refractivity contribution in [2.75, 3.05) is 60.7 Å². The van der Waals surface area contributed by atoms with Crippen LogP contribution in [0.2, 0.25) is 0 Å². The van der Waals surface area contributed by atoms with E-state index >= 15 is 0 Å². The lowest BCUT2D eigenvalue weighted by Crippen LogP contribution is -2.37. The molecule has 0 saturated heterocycles. The highest BCUT2D eigenvalue weighted by molar-refractivity contribution is 7.45. The van der Waals surface area contributed by atoms with E-state index in [1.165, 1.54) is 141 Å². The van der Waals surface area contributed by atoms with Crippen LogP contribution in [0.1, 0.15) is 194 Å². The Hall–Kier alpha value is -1.15. The van der Waals surface area contributed by atoms with Crippen LogP contribution in [0, 0.1) is 0 Å². The number of carboxylic acid groups (broad SMARTS) is 2. The van der Waals surface area contributed by atoms with Crippen molar-refractivity contribution in [3.8, 4) is 0 Å². The molecule has 0 aromatic heterocycles. The van der Waals surface area contributed by atoms with Crippen molar-refractivity contribution in [3.05, 3.63) is 0 Å². The quantitative estimate of drug-likeness (QED) is 0.0197. The Bertz CT molecular complexity index is 806. The third-order valence-electron chi connectivity index (χ3n) is 8.76. The molecule has 0 fully saturated rings. The molecule has 0 rings (SSSR count). The second-order valence-corrected chi connectivity index (χ2v) is 17.1. The summed E-state index contributed by atoms with van der Waals surface area (Å²) in [7, 11) is 1.32. The fraction of sp³-hybridized carbons (Fsp3) is 0.952. The van der Waals surface area contributed by atoms with Gasteiger partial charge in [0.15, 0.2) is 0 Å². The summed E-state index contributed by atoms with van der Waals surface area (Å²) in [4.78, 5) is 31.7. The molecule has 0 heterocycles. The van der Waals surface area contributed by atoms with E-state index < -0.39 is 39.1 Å². The molecular weight excluding hydrogens is 739 g/mol. The maximum Gasteiger partial charge on any atom is 0.303 e. The van der Waals surface area contributed by atoms with Gasteiger partial charge in [-0.3, -0.25) is 14.2 Å². The average Bonchev–Trinajstić information content (AvgIpc) is 3.14.